The number of fused-ring (bicyclic) bond motifs is 2. The number of benzene rings is 2. The number of amides is 1. The minimum Gasteiger partial charge on any atom is -0.489 e. The van der Waals surface area contributed by atoms with Crippen molar-refractivity contribution in [1.82, 2.24) is 9.21 Å². The van der Waals surface area contributed by atoms with Gasteiger partial charge in [0, 0.05) is 32.4 Å². The largest absolute Gasteiger partial charge is 0.489 e. The lowest BCUT2D eigenvalue weighted by molar-refractivity contribution is 0.0730. The van der Waals surface area contributed by atoms with Crippen LogP contribution >= 0.6 is 8.44 Å². The van der Waals surface area contributed by atoms with Gasteiger partial charge in [0.2, 0.25) is 0 Å². The third-order valence-corrected chi connectivity index (χ3v) is 8.46. The van der Waals surface area contributed by atoms with Crippen LogP contribution in [-0.4, -0.2) is 45.0 Å². The summed E-state index contributed by atoms with van der Waals surface area (Å²) in [6, 6.07) is 12.6. The lowest BCUT2D eigenvalue weighted by Gasteiger charge is -2.34. The Morgan fingerprint density at radius 1 is 1.03 bits per heavy atom. The molecule has 1 atom stereocenters. The lowest BCUT2D eigenvalue weighted by atomic mass is 9.97. The highest BCUT2D eigenvalue weighted by Crippen LogP contribution is 2.29. The summed E-state index contributed by atoms with van der Waals surface area (Å²) >= 11 is 0. The Bertz CT molecular complexity index is 1050. The van der Waals surface area contributed by atoms with Crippen LogP contribution in [0, 0.1) is 0 Å². The molecule has 0 saturated heterocycles. The maximum absolute atomic E-state index is 12.3. The highest BCUT2D eigenvalue weighted by atomic mass is 32.8. The van der Waals surface area contributed by atoms with Gasteiger partial charge in [-0.05, 0) is 76.4 Å². The van der Waals surface area contributed by atoms with Crippen LogP contribution in [0.4, 0.5) is 4.79 Å². The quantitative estimate of drug-likeness (QED) is 0.526. The second-order valence-electron chi connectivity index (χ2n) is 9.01. The molecule has 0 spiro atoms. The number of hydrogen-bond acceptors (Lipinski definition) is 4. The Balaban J connectivity index is 1.36. The summed E-state index contributed by atoms with van der Waals surface area (Å²) in [5, 5.41) is 0. The van der Waals surface area contributed by atoms with Crippen molar-refractivity contribution < 1.29 is 18.5 Å². The van der Waals surface area contributed by atoms with Gasteiger partial charge in [-0.15, -0.1) is 0 Å². The van der Waals surface area contributed by atoms with E-state index in [2.05, 4.69) is 43.1 Å². The van der Waals surface area contributed by atoms with Crippen molar-refractivity contribution in [2.75, 3.05) is 19.3 Å². The first-order valence-corrected chi connectivity index (χ1v) is 14.8. The van der Waals surface area contributed by atoms with Gasteiger partial charge < -0.3 is 14.4 Å². The van der Waals surface area contributed by atoms with E-state index >= 15 is 0 Å². The van der Waals surface area contributed by atoms with Gasteiger partial charge in [0.1, 0.15) is 12.4 Å². The number of carbonyl (C=O) groups is 1. The molecule has 0 N–H and O–H groups in total. The molecule has 2 heterocycles. The van der Waals surface area contributed by atoms with E-state index in [1.807, 2.05) is 19.9 Å². The average Bonchev–Trinajstić information content (AvgIpc) is 2.75. The Morgan fingerprint density at radius 2 is 1.72 bits per heavy atom. The fourth-order valence-electron chi connectivity index (χ4n) is 4.24. The van der Waals surface area contributed by atoms with Gasteiger partial charge in [-0.3, -0.25) is 4.21 Å². The lowest BCUT2D eigenvalue weighted by Crippen LogP contribution is -2.37. The zero-order chi connectivity index (χ0) is 22.9. The Hall–Kier alpha value is -1.95. The molecule has 32 heavy (non-hydrogen) atoms. The maximum atomic E-state index is 12.3. The molecule has 1 amide bonds. The third kappa shape index (κ3) is 5.51. The molecule has 0 aromatic heterocycles. The van der Waals surface area contributed by atoms with Crippen molar-refractivity contribution in [2.24, 2.45) is 0 Å². The predicted molar refractivity (Wildman–Crippen MR) is 132 cm³/mol. The third-order valence-electron chi connectivity index (χ3n) is 6.01. The van der Waals surface area contributed by atoms with Crippen molar-refractivity contribution in [1.29, 1.82) is 0 Å². The molecule has 0 fully saturated rings. The van der Waals surface area contributed by atoms with Gasteiger partial charge in [0.15, 0.2) is 0 Å². The van der Waals surface area contributed by atoms with E-state index in [0.29, 0.717) is 19.7 Å². The molecule has 2 aliphatic heterocycles. The number of thiol groups is 1. The van der Waals surface area contributed by atoms with Crippen LogP contribution in [0.15, 0.2) is 36.4 Å². The van der Waals surface area contributed by atoms with Crippen LogP contribution < -0.4 is 4.74 Å². The van der Waals surface area contributed by atoms with Gasteiger partial charge >= 0.3 is 6.09 Å². The maximum Gasteiger partial charge on any atom is 0.410 e. The molecule has 8 heteroatoms. The summed E-state index contributed by atoms with van der Waals surface area (Å²) in [5.41, 5.74) is 6.06. The van der Waals surface area contributed by atoms with E-state index in [1.165, 1.54) is 22.3 Å². The van der Waals surface area contributed by atoms with Crippen LogP contribution in [0.25, 0.3) is 0 Å². The van der Waals surface area contributed by atoms with Crippen molar-refractivity contribution in [3.05, 3.63) is 64.2 Å². The van der Waals surface area contributed by atoms with Crippen LogP contribution in [0.1, 0.15) is 41.7 Å². The second kappa shape index (κ2) is 9.50. The predicted octanol–water partition coefficient (Wildman–Crippen LogP) is 3.88. The van der Waals surface area contributed by atoms with Crippen LogP contribution in [0.5, 0.6) is 5.75 Å². The van der Waals surface area contributed by atoms with Crippen LogP contribution in [-0.2, 0) is 47.0 Å². The van der Waals surface area contributed by atoms with E-state index in [0.717, 1.165) is 37.2 Å². The van der Waals surface area contributed by atoms with Gasteiger partial charge in [-0.1, -0.05) is 32.7 Å². The Labute approximate surface area is 193 Å². The fraction of sp³-hybridized carbons (Fsp3) is 0.458. The molecule has 174 valence electrons. The standard InChI is InChI=1S/C24H33N2O4PS/c1-17(2)30-24(27)25-10-8-19-12-18(4-5-21(19)14-25)16-29-23-7-6-22-15-26(32(3,28)31)11-9-20(22)13-23/h4-7,12-13,17,32H,8-11,14-16,31H2,1-3H3. The van der Waals surface area contributed by atoms with E-state index in [1.54, 1.807) is 11.2 Å². The average molecular weight is 477 g/mol. The first kappa shape index (κ1) is 23.2. The number of ether oxygens (including phenoxy) is 2. The molecule has 0 aliphatic carbocycles. The number of hydrogen-bond donors (Lipinski definition) is 1. The van der Waals surface area contributed by atoms with Crippen LogP contribution in [0.2, 0.25) is 0 Å². The van der Waals surface area contributed by atoms with E-state index in [9.17, 15) is 9.00 Å². The second-order valence-corrected chi connectivity index (χ2v) is 14.3. The smallest absolute Gasteiger partial charge is 0.410 e. The Morgan fingerprint density at radius 3 is 2.47 bits per heavy atom. The van der Waals surface area contributed by atoms with E-state index < -0.39 is 9.74 Å². The fourth-order valence-corrected chi connectivity index (χ4v) is 5.76. The number of nitrogens with zero attached hydrogens (tertiary/aromatic N) is 2. The zero-order valence-corrected chi connectivity index (χ0v) is 21.1. The van der Waals surface area contributed by atoms with Crippen molar-refractivity contribution in [2.45, 2.75) is 52.5 Å². The summed E-state index contributed by atoms with van der Waals surface area (Å²) in [4.78, 5) is 13.9. The molecule has 6 nitrogen and oxygen atoms in total. The SMILES string of the molecule is CC(C)OC(=O)N1CCc2cc(COc3ccc4c(c3)CCN([SH](C)(=O)P)C4)ccc2C1. The van der Waals surface area contributed by atoms with Gasteiger partial charge in [0.05, 0.1) is 6.10 Å². The molecule has 2 aliphatic rings. The Kier molecular flexibility index (Phi) is 6.89. The van der Waals surface area contributed by atoms with Crippen LogP contribution in [0.3, 0.4) is 0 Å². The molecule has 2 aromatic rings. The molecule has 1 unspecified atom stereocenters. The minimum atomic E-state index is -2.30. The highest BCUT2D eigenvalue weighted by molar-refractivity contribution is 8.43. The van der Waals surface area contributed by atoms with Crippen molar-refractivity contribution in [3.63, 3.8) is 0 Å². The summed E-state index contributed by atoms with van der Waals surface area (Å²) in [5.74, 6) is 0.864. The normalized spacial score (nSPS) is 17.0. The summed E-state index contributed by atoms with van der Waals surface area (Å²) in [6.45, 7) is 7.03. The summed E-state index contributed by atoms with van der Waals surface area (Å²) in [7, 11) is 0.205. The first-order valence-electron chi connectivity index (χ1n) is 11.1. The molecular formula is C24H33N2O4PS. The summed E-state index contributed by atoms with van der Waals surface area (Å²) in [6.07, 6.45) is 3.15. The van der Waals surface area contributed by atoms with Gasteiger partial charge in [-0.2, -0.15) is 0 Å². The molecule has 4 rings (SSSR count). The minimum absolute atomic E-state index is 0.107. The molecule has 0 radical (unpaired) electrons. The number of rotatable bonds is 5. The zero-order valence-electron chi connectivity index (χ0n) is 19.0. The molecule has 2 aromatic carbocycles. The van der Waals surface area contributed by atoms with E-state index in [4.69, 9.17) is 9.47 Å². The van der Waals surface area contributed by atoms with Crippen molar-refractivity contribution in [3.8, 4) is 5.75 Å². The summed E-state index contributed by atoms with van der Waals surface area (Å²) < 4.78 is 25.8. The number of carbonyl (C=O) groups excluding carboxylic acids is 1. The molecule has 0 saturated carbocycles. The topological polar surface area (TPSA) is 59.1 Å². The monoisotopic (exact) mass is 476 g/mol. The molecule has 0 bridgehead atoms. The first-order chi connectivity index (χ1) is 15.2. The van der Waals surface area contributed by atoms with Gasteiger partial charge in [0.25, 0.3) is 0 Å². The van der Waals surface area contributed by atoms with Gasteiger partial charge in [-0.25, -0.2) is 9.10 Å². The molecular weight excluding hydrogens is 443 g/mol. The van der Waals surface area contributed by atoms with E-state index in [-0.39, 0.29) is 12.2 Å². The highest BCUT2D eigenvalue weighted by Gasteiger charge is 2.23. The van der Waals surface area contributed by atoms with Crippen molar-refractivity contribution >= 4 is 24.3 Å².